The molecule has 1 heterocycles. The molecular weight excluding hydrogens is 250 g/mol. The largest absolute Gasteiger partial charge is 0.375 e. The summed E-state index contributed by atoms with van der Waals surface area (Å²) in [6.45, 7) is 4.37. The van der Waals surface area contributed by atoms with E-state index < -0.39 is 6.04 Å². The van der Waals surface area contributed by atoms with E-state index in [1.54, 1.807) is 7.11 Å². The van der Waals surface area contributed by atoms with Crippen LogP contribution in [0.1, 0.15) is 43.5 Å². The molecule has 0 radical (unpaired) electrons. The summed E-state index contributed by atoms with van der Waals surface area (Å²) < 4.78 is 5.19. The Balaban J connectivity index is 2.44. The minimum absolute atomic E-state index is 0.0122. The van der Waals surface area contributed by atoms with Crippen LogP contribution in [-0.4, -0.2) is 24.0 Å². The van der Waals surface area contributed by atoms with E-state index in [-0.39, 0.29) is 12.0 Å². The Bertz CT molecular complexity index is 381. The molecule has 0 fully saturated rings. The number of carbonyl (C=O) groups excluding carboxylic acids is 1. The van der Waals surface area contributed by atoms with Gasteiger partial charge in [0.1, 0.15) is 11.1 Å². The van der Waals surface area contributed by atoms with Gasteiger partial charge in [-0.25, -0.2) is 4.98 Å². The van der Waals surface area contributed by atoms with Crippen LogP contribution in [0.5, 0.6) is 0 Å². The smallest absolute Gasteiger partial charge is 0.237 e. The molecular formula is C12H21N3O2S. The molecule has 0 spiro atoms. The first-order valence-electron chi connectivity index (χ1n) is 6.08. The van der Waals surface area contributed by atoms with Crippen molar-refractivity contribution in [3.05, 3.63) is 16.1 Å². The van der Waals surface area contributed by atoms with Crippen molar-refractivity contribution in [2.24, 2.45) is 5.73 Å². The number of rotatable bonds is 7. The lowest BCUT2D eigenvalue weighted by Gasteiger charge is -2.10. The van der Waals surface area contributed by atoms with Gasteiger partial charge in [0.15, 0.2) is 0 Å². The molecule has 0 saturated heterocycles. The molecule has 0 saturated carbocycles. The van der Waals surface area contributed by atoms with E-state index in [2.05, 4.69) is 10.3 Å². The summed E-state index contributed by atoms with van der Waals surface area (Å²) in [7, 11) is 1.65. The Morgan fingerprint density at radius 2 is 2.39 bits per heavy atom. The zero-order valence-corrected chi connectivity index (χ0v) is 11.9. The van der Waals surface area contributed by atoms with Gasteiger partial charge in [-0.3, -0.25) is 4.79 Å². The Labute approximate surface area is 112 Å². The van der Waals surface area contributed by atoms with E-state index in [4.69, 9.17) is 10.5 Å². The van der Waals surface area contributed by atoms with Crippen LogP contribution in [-0.2, 0) is 16.1 Å². The van der Waals surface area contributed by atoms with E-state index in [1.165, 1.54) is 11.3 Å². The maximum atomic E-state index is 11.6. The molecule has 18 heavy (non-hydrogen) atoms. The number of carbonyl (C=O) groups is 1. The predicted molar refractivity (Wildman–Crippen MR) is 72.3 cm³/mol. The monoisotopic (exact) mass is 271 g/mol. The number of hydrogen-bond donors (Lipinski definition) is 2. The fraction of sp³-hybridized carbons (Fsp3) is 0.667. The van der Waals surface area contributed by atoms with Crippen LogP contribution in [0.3, 0.4) is 0 Å². The van der Waals surface area contributed by atoms with Gasteiger partial charge < -0.3 is 15.8 Å². The Kier molecular flexibility index (Phi) is 6.24. The average molecular weight is 271 g/mol. The van der Waals surface area contributed by atoms with Gasteiger partial charge in [-0.15, -0.1) is 11.3 Å². The highest BCUT2D eigenvalue weighted by Crippen LogP contribution is 2.20. The topological polar surface area (TPSA) is 77.2 Å². The molecule has 102 valence electrons. The standard InChI is InChI=1S/C12H21N3O2S/c1-4-5-10(13)11(16)14-6-9-7-18-12(15-9)8(2)17-3/h7-8,10H,4-6,13H2,1-3H3,(H,14,16). The van der Waals surface area contributed by atoms with Crippen LogP contribution in [0, 0.1) is 0 Å². The molecule has 1 rings (SSSR count). The third kappa shape index (κ3) is 4.36. The number of nitrogens with one attached hydrogen (secondary N) is 1. The molecule has 0 bridgehead atoms. The molecule has 2 atom stereocenters. The number of nitrogens with two attached hydrogens (primary N) is 1. The van der Waals surface area contributed by atoms with Crippen LogP contribution in [0.4, 0.5) is 0 Å². The Hall–Kier alpha value is -0.980. The third-order valence-corrected chi connectivity index (χ3v) is 3.71. The van der Waals surface area contributed by atoms with Crippen LogP contribution >= 0.6 is 11.3 Å². The number of aromatic nitrogens is 1. The number of nitrogens with zero attached hydrogens (tertiary/aromatic N) is 1. The molecule has 5 nitrogen and oxygen atoms in total. The molecule has 1 aromatic rings. The van der Waals surface area contributed by atoms with Gasteiger partial charge in [-0.05, 0) is 13.3 Å². The fourth-order valence-electron chi connectivity index (χ4n) is 1.44. The zero-order chi connectivity index (χ0) is 13.5. The van der Waals surface area contributed by atoms with E-state index in [9.17, 15) is 4.79 Å². The SMILES string of the molecule is CCCC(N)C(=O)NCc1csc(C(C)OC)n1. The van der Waals surface area contributed by atoms with Crippen molar-refractivity contribution in [3.63, 3.8) is 0 Å². The fourth-order valence-corrected chi connectivity index (χ4v) is 2.29. The second-order valence-electron chi connectivity index (χ2n) is 4.17. The van der Waals surface area contributed by atoms with E-state index in [0.29, 0.717) is 13.0 Å². The summed E-state index contributed by atoms with van der Waals surface area (Å²) >= 11 is 1.53. The highest BCUT2D eigenvalue weighted by Gasteiger charge is 2.13. The molecule has 1 aromatic heterocycles. The van der Waals surface area contributed by atoms with E-state index in [0.717, 1.165) is 17.1 Å². The number of hydrogen-bond acceptors (Lipinski definition) is 5. The summed E-state index contributed by atoms with van der Waals surface area (Å²) in [6, 6.07) is -0.425. The maximum Gasteiger partial charge on any atom is 0.237 e. The van der Waals surface area contributed by atoms with Crippen molar-refractivity contribution >= 4 is 17.2 Å². The number of methoxy groups -OCH3 is 1. The second kappa shape index (κ2) is 7.45. The summed E-state index contributed by atoms with van der Waals surface area (Å²) in [4.78, 5) is 16.0. The minimum atomic E-state index is -0.425. The maximum absolute atomic E-state index is 11.6. The Morgan fingerprint density at radius 1 is 1.67 bits per heavy atom. The Morgan fingerprint density at radius 3 is 3.00 bits per heavy atom. The summed E-state index contributed by atoms with van der Waals surface area (Å²) in [5, 5.41) is 5.64. The van der Waals surface area contributed by atoms with Crippen molar-refractivity contribution < 1.29 is 9.53 Å². The van der Waals surface area contributed by atoms with Gasteiger partial charge in [0.2, 0.25) is 5.91 Å². The van der Waals surface area contributed by atoms with Crippen LogP contribution in [0.25, 0.3) is 0 Å². The lowest BCUT2D eigenvalue weighted by molar-refractivity contribution is -0.122. The predicted octanol–water partition coefficient (Wildman–Crippen LogP) is 1.59. The number of amides is 1. The summed E-state index contributed by atoms with van der Waals surface area (Å²) in [6.07, 6.45) is 1.59. The van der Waals surface area contributed by atoms with Crippen LogP contribution < -0.4 is 11.1 Å². The molecule has 0 aliphatic carbocycles. The number of thiazole rings is 1. The highest BCUT2D eigenvalue weighted by molar-refractivity contribution is 7.09. The molecule has 1 amide bonds. The van der Waals surface area contributed by atoms with Gasteiger partial charge in [0, 0.05) is 12.5 Å². The van der Waals surface area contributed by atoms with E-state index in [1.807, 2.05) is 19.2 Å². The first kappa shape index (κ1) is 15.1. The quantitative estimate of drug-likeness (QED) is 0.789. The van der Waals surface area contributed by atoms with Crippen molar-refractivity contribution in [3.8, 4) is 0 Å². The molecule has 6 heteroatoms. The highest BCUT2D eigenvalue weighted by atomic mass is 32.1. The van der Waals surface area contributed by atoms with Crippen molar-refractivity contribution in [1.29, 1.82) is 0 Å². The summed E-state index contributed by atoms with van der Waals surface area (Å²) in [5.74, 6) is -0.119. The van der Waals surface area contributed by atoms with Gasteiger partial charge >= 0.3 is 0 Å². The van der Waals surface area contributed by atoms with Crippen molar-refractivity contribution in [1.82, 2.24) is 10.3 Å². The second-order valence-corrected chi connectivity index (χ2v) is 5.06. The van der Waals surface area contributed by atoms with Crippen molar-refractivity contribution in [2.75, 3.05) is 7.11 Å². The van der Waals surface area contributed by atoms with Gasteiger partial charge in [0.25, 0.3) is 0 Å². The van der Waals surface area contributed by atoms with Crippen LogP contribution in [0.2, 0.25) is 0 Å². The normalized spacial score (nSPS) is 14.2. The third-order valence-electron chi connectivity index (χ3n) is 2.65. The van der Waals surface area contributed by atoms with E-state index >= 15 is 0 Å². The lowest BCUT2D eigenvalue weighted by atomic mass is 10.2. The molecule has 2 unspecified atom stereocenters. The van der Waals surface area contributed by atoms with Gasteiger partial charge in [-0.2, -0.15) is 0 Å². The first-order chi connectivity index (χ1) is 8.58. The molecule has 0 aliphatic heterocycles. The average Bonchev–Trinajstić information content (AvgIpc) is 2.84. The molecule has 0 aromatic carbocycles. The minimum Gasteiger partial charge on any atom is -0.375 e. The van der Waals surface area contributed by atoms with Crippen LogP contribution in [0.15, 0.2) is 5.38 Å². The summed E-state index contributed by atoms with van der Waals surface area (Å²) in [5.41, 5.74) is 6.56. The number of ether oxygens (including phenoxy) is 1. The first-order valence-corrected chi connectivity index (χ1v) is 6.96. The van der Waals surface area contributed by atoms with Gasteiger partial charge in [0.05, 0.1) is 18.3 Å². The van der Waals surface area contributed by atoms with Gasteiger partial charge in [-0.1, -0.05) is 13.3 Å². The lowest BCUT2D eigenvalue weighted by Crippen LogP contribution is -2.40. The molecule has 3 N–H and O–H groups in total. The molecule has 0 aliphatic rings. The van der Waals surface area contributed by atoms with Crippen molar-refractivity contribution in [2.45, 2.75) is 45.4 Å². The zero-order valence-electron chi connectivity index (χ0n) is 11.1.